The highest BCUT2D eigenvalue weighted by atomic mass is 32.1. The number of benzene rings is 1. The quantitative estimate of drug-likeness (QED) is 0.428. The highest BCUT2D eigenvalue weighted by Crippen LogP contribution is 2.38. The van der Waals surface area contributed by atoms with Crippen molar-refractivity contribution in [2.45, 2.75) is 39.0 Å². The van der Waals surface area contributed by atoms with Crippen molar-refractivity contribution in [2.24, 2.45) is 0 Å². The van der Waals surface area contributed by atoms with Crippen molar-refractivity contribution in [2.75, 3.05) is 0 Å². The van der Waals surface area contributed by atoms with E-state index in [1.165, 1.54) is 12.8 Å². The Morgan fingerprint density at radius 1 is 1.00 bits per heavy atom. The summed E-state index contributed by atoms with van der Waals surface area (Å²) in [5, 5.41) is 3.96. The van der Waals surface area contributed by atoms with Gasteiger partial charge in [0.2, 0.25) is 0 Å². The third kappa shape index (κ3) is 3.56. The Hall–Kier alpha value is -1.87. The largest absolute Gasteiger partial charge is 0.457 e. The van der Waals surface area contributed by atoms with Crippen LogP contribution in [0.3, 0.4) is 0 Å². The van der Waals surface area contributed by atoms with E-state index < -0.39 is 0 Å². The fourth-order valence-corrected chi connectivity index (χ4v) is 3.46. The van der Waals surface area contributed by atoms with Crippen LogP contribution in [-0.2, 0) is 6.42 Å². The molecule has 3 aromatic rings. The van der Waals surface area contributed by atoms with Gasteiger partial charge in [0.05, 0.1) is 5.56 Å². The number of rotatable bonds is 7. The monoisotopic (exact) mass is 328 g/mol. The predicted molar refractivity (Wildman–Crippen MR) is 95.3 cm³/mol. The van der Waals surface area contributed by atoms with Gasteiger partial charge in [-0.1, -0.05) is 56.5 Å². The molecule has 0 amide bonds. The van der Waals surface area contributed by atoms with Crippen LogP contribution in [0.5, 0.6) is 0 Å². The molecule has 0 bridgehead atoms. The van der Waals surface area contributed by atoms with E-state index in [2.05, 4.69) is 6.92 Å². The molecule has 0 aliphatic carbocycles. The van der Waals surface area contributed by atoms with Gasteiger partial charge in [-0.15, -0.1) is 0 Å². The molecule has 0 aliphatic rings. The summed E-state index contributed by atoms with van der Waals surface area (Å²) >= 11 is 1.58. The van der Waals surface area contributed by atoms with Crippen LogP contribution in [0.25, 0.3) is 22.5 Å². The molecular formula is C20H21FOS. The molecule has 2 aromatic heterocycles. The van der Waals surface area contributed by atoms with Crippen molar-refractivity contribution in [1.82, 2.24) is 0 Å². The van der Waals surface area contributed by atoms with Gasteiger partial charge in [0.15, 0.2) is 11.6 Å². The molecule has 1 aromatic carbocycles. The van der Waals surface area contributed by atoms with Gasteiger partial charge in [0.25, 0.3) is 0 Å². The number of aryl methyl sites for hydroxylation is 1. The van der Waals surface area contributed by atoms with Crippen molar-refractivity contribution in [3.05, 3.63) is 58.7 Å². The summed E-state index contributed by atoms with van der Waals surface area (Å²) in [6.45, 7) is 2.19. The molecule has 0 spiro atoms. The number of hydrogen-bond acceptors (Lipinski definition) is 2. The minimum absolute atomic E-state index is 0.236. The lowest BCUT2D eigenvalue weighted by Crippen LogP contribution is -1.87. The first-order valence-electron chi connectivity index (χ1n) is 8.20. The predicted octanol–water partition coefficient (Wildman–Crippen LogP) is 6.94. The van der Waals surface area contributed by atoms with Gasteiger partial charge in [0, 0.05) is 12.0 Å². The molecule has 0 atom stereocenters. The first kappa shape index (κ1) is 16.0. The van der Waals surface area contributed by atoms with E-state index in [0.717, 1.165) is 36.1 Å². The highest BCUT2D eigenvalue weighted by molar-refractivity contribution is 7.08. The van der Waals surface area contributed by atoms with Crippen LogP contribution < -0.4 is 0 Å². The molecule has 0 saturated carbocycles. The SMILES string of the molecule is CCCCCCc1oc(-c2ccccc2)c(F)c1-c1ccsc1. The number of hydrogen-bond donors (Lipinski definition) is 0. The lowest BCUT2D eigenvalue weighted by Gasteiger charge is -2.01. The van der Waals surface area contributed by atoms with Crippen molar-refractivity contribution in [3.8, 4) is 22.5 Å². The molecule has 1 nitrogen and oxygen atoms in total. The van der Waals surface area contributed by atoms with Gasteiger partial charge in [-0.05, 0) is 28.8 Å². The van der Waals surface area contributed by atoms with Crippen molar-refractivity contribution in [3.63, 3.8) is 0 Å². The number of unbranched alkanes of at least 4 members (excludes halogenated alkanes) is 3. The fourth-order valence-electron chi connectivity index (χ4n) is 2.81. The maximum absolute atomic E-state index is 15.0. The Labute approximate surface area is 140 Å². The molecular weight excluding hydrogens is 307 g/mol. The highest BCUT2D eigenvalue weighted by Gasteiger charge is 2.22. The van der Waals surface area contributed by atoms with Crippen LogP contribution >= 0.6 is 11.3 Å². The lowest BCUT2D eigenvalue weighted by molar-refractivity contribution is 0.496. The van der Waals surface area contributed by atoms with Crippen LogP contribution in [0.2, 0.25) is 0 Å². The molecule has 2 heterocycles. The summed E-state index contributed by atoms with van der Waals surface area (Å²) in [7, 11) is 0. The summed E-state index contributed by atoms with van der Waals surface area (Å²) in [5.41, 5.74) is 2.35. The van der Waals surface area contributed by atoms with Gasteiger partial charge in [-0.25, -0.2) is 4.39 Å². The van der Waals surface area contributed by atoms with Crippen LogP contribution in [0.1, 0.15) is 38.4 Å². The maximum atomic E-state index is 15.0. The minimum atomic E-state index is -0.236. The smallest absolute Gasteiger partial charge is 0.177 e. The molecule has 3 heteroatoms. The Bertz CT molecular complexity index is 729. The van der Waals surface area contributed by atoms with E-state index in [0.29, 0.717) is 11.3 Å². The Kier molecular flexibility index (Phi) is 5.29. The second kappa shape index (κ2) is 7.60. The average Bonchev–Trinajstić information content (AvgIpc) is 3.20. The normalized spacial score (nSPS) is 11.0. The lowest BCUT2D eigenvalue weighted by atomic mass is 10.0. The Balaban J connectivity index is 1.96. The van der Waals surface area contributed by atoms with Gasteiger partial charge in [0.1, 0.15) is 5.76 Å². The van der Waals surface area contributed by atoms with Gasteiger partial charge < -0.3 is 4.42 Å². The molecule has 23 heavy (non-hydrogen) atoms. The summed E-state index contributed by atoms with van der Waals surface area (Å²) in [6.07, 6.45) is 5.38. The number of thiophene rings is 1. The Morgan fingerprint density at radius 2 is 1.83 bits per heavy atom. The minimum Gasteiger partial charge on any atom is -0.457 e. The summed E-state index contributed by atoms with van der Waals surface area (Å²) < 4.78 is 21.0. The molecule has 3 rings (SSSR count). The van der Waals surface area contributed by atoms with Crippen molar-refractivity contribution < 1.29 is 8.81 Å². The van der Waals surface area contributed by atoms with E-state index in [4.69, 9.17) is 4.42 Å². The van der Waals surface area contributed by atoms with E-state index in [9.17, 15) is 0 Å². The summed E-state index contributed by atoms with van der Waals surface area (Å²) in [6, 6.07) is 11.5. The molecule has 0 unspecified atom stereocenters. The first-order valence-corrected chi connectivity index (χ1v) is 9.14. The van der Waals surface area contributed by atoms with Crippen LogP contribution in [0.4, 0.5) is 4.39 Å². The molecule has 0 fully saturated rings. The molecule has 0 saturated heterocycles. The second-order valence-electron chi connectivity index (χ2n) is 5.73. The molecule has 120 valence electrons. The first-order chi connectivity index (χ1) is 11.3. The van der Waals surface area contributed by atoms with Crippen LogP contribution in [-0.4, -0.2) is 0 Å². The molecule has 0 N–H and O–H groups in total. The standard InChI is InChI=1S/C20H21FOS/c1-2-3-4-8-11-17-18(16-12-13-23-14-16)19(21)20(22-17)15-9-6-5-7-10-15/h5-7,9-10,12-14H,2-4,8,11H2,1H3. The van der Waals surface area contributed by atoms with Crippen molar-refractivity contribution in [1.29, 1.82) is 0 Å². The third-order valence-corrected chi connectivity index (χ3v) is 4.71. The van der Waals surface area contributed by atoms with Crippen LogP contribution in [0.15, 0.2) is 51.6 Å². The van der Waals surface area contributed by atoms with Gasteiger partial charge in [-0.3, -0.25) is 0 Å². The molecule has 0 radical (unpaired) electrons. The Morgan fingerprint density at radius 3 is 2.52 bits per heavy atom. The van der Waals surface area contributed by atoms with Crippen molar-refractivity contribution >= 4 is 11.3 Å². The van der Waals surface area contributed by atoms with E-state index in [1.54, 1.807) is 11.3 Å². The zero-order valence-corrected chi connectivity index (χ0v) is 14.2. The second-order valence-corrected chi connectivity index (χ2v) is 6.51. The fraction of sp³-hybridized carbons (Fsp3) is 0.300. The van der Waals surface area contributed by atoms with E-state index in [1.807, 2.05) is 47.2 Å². The van der Waals surface area contributed by atoms with Gasteiger partial charge in [-0.2, -0.15) is 11.3 Å². The van der Waals surface area contributed by atoms with E-state index in [-0.39, 0.29) is 5.82 Å². The third-order valence-electron chi connectivity index (χ3n) is 4.03. The molecule has 0 aliphatic heterocycles. The topological polar surface area (TPSA) is 13.1 Å². The average molecular weight is 328 g/mol. The zero-order chi connectivity index (χ0) is 16.1. The van der Waals surface area contributed by atoms with E-state index >= 15 is 4.39 Å². The number of halogens is 1. The number of furan rings is 1. The summed E-state index contributed by atoms with van der Waals surface area (Å²) in [5.74, 6) is 0.897. The van der Waals surface area contributed by atoms with Gasteiger partial charge >= 0.3 is 0 Å². The maximum Gasteiger partial charge on any atom is 0.177 e. The summed E-state index contributed by atoms with van der Waals surface area (Å²) in [4.78, 5) is 0. The zero-order valence-electron chi connectivity index (χ0n) is 13.3. The van der Waals surface area contributed by atoms with Crippen LogP contribution in [0, 0.1) is 5.82 Å².